The van der Waals surface area contributed by atoms with Crippen LogP contribution in [0.15, 0.2) is 24.3 Å². The van der Waals surface area contributed by atoms with Crippen LogP contribution in [0.1, 0.15) is 37.8 Å². The SMILES string of the molecule is Cc1cccc(CNC(=O)NC2C[C@@H](C)O[C@H](C)C2)c1. The minimum atomic E-state index is -0.0993. The smallest absolute Gasteiger partial charge is 0.315 e. The molecule has 1 aliphatic rings. The van der Waals surface area contributed by atoms with Gasteiger partial charge in [-0.15, -0.1) is 0 Å². The molecule has 4 heteroatoms. The van der Waals surface area contributed by atoms with Crippen molar-refractivity contribution < 1.29 is 9.53 Å². The van der Waals surface area contributed by atoms with E-state index in [1.54, 1.807) is 0 Å². The molecule has 1 heterocycles. The molecular weight excluding hydrogens is 252 g/mol. The van der Waals surface area contributed by atoms with Crippen LogP contribution in [-0.2, 0) is 11.3 Å². The highest BCUT2D eigenvalue weighted by atomic mass is 16.5. The van der Waals surface area contributed by atoms with E-state index in [-0.39, 0.29) is 24.3 Å². The maximum atomic E-state index is 11.9. The van der Waals surface area contributed by atoms with Gasteiger partial charge in [0.15, 0.2) is 0 Å². The van der Waals surface area contributed by atoms with Crippen LogP contribution in [0.25, 0.3) is 0 Å². The summed E-state index contributed by atoms with van der Waals surface area (Å²) in [6.45, 7) is 6.71. The molecule has 0 saturated carbocycles. The topological polar surface area (TPSA) is 50.4 Å². The third kappa shape index (κ3) is 4.53. The fraction of sp³-hybridized carbons (Fsp3) is 0.562. The Labute approximate surface area is 120 Å². The van der Waals surface area contributed by atoms with E-state index in [1.807, 2.05) is 25.1 Å². The summed E-state index contributed by atoms with van der Waals surface area (Å²) in [4.78, 5) is 11.9. The molecule has 1 fully saturated rings. The highest BCUT2D eigenvalue weighted by molar-refractivity contribution is 5.74. The number of aryl methyl sites for hydroxylation is 1. The standard InChI is InChI=1S/C16H24N2O2/c1-11-5-4-6-14(7-11)10-17-16(19)18-15-8-12(2)20-13(3)9-15/h4-7,12-13,15H,8-10H2,1-3H3,(H2,17,18,19)/t12-,13-/m1/s1. The van der Waals surface area contributed by atoms with Gasteiger partial charge in [-0.3, -0.25) is 0 Å². The zero-order valence-corrected chi connectivity index (χ0v) is 12.5. The number of hydrogen-bond acceptors (Lipinski definition) is 2. The molecule has 0 aliphatic carbocycles. The Hall–Kier alpha value is -1.55. The first-order valence-electron chi connectivity index (χ1n) is 7.28. The summed E-state index contributed by atoms with van der Waals surface area (Å²) < 4.78 is 5.67. The predicted molar refractivity (Wildman–Crippen MR) is 79.6 cm³/mol. The van der Waals surface area contributed by atoms with E-state index in [0.29, 0.717) is 6.54 Å². The van der Waals surface area contributed by atoms with Gasteiger partial charge < -0.3 is 15.4 Å². The van der Waals surface area contributed by atoms with E-state index in [0.717, 1.165) is 18.4 Å². The molecule has 4 nitrogen and oxygen atoms in total. The first-order chi connectivity index (χ1) is 9.52. The second-order valence-corrected chi connectivity index (χ2v) is 5.74. The highest BCUT2D eigenvalue weighted by Crippen LogP contribution is 2.18. The lowest BCUT2D eigenvalue weighted by Gasteiger charge is -2.32. The maximum absolute atomic E-state index is 11.9. The van der Waals surface area contributed by atoms with Gasteiger partial charge in [-0.2, -0.15) is 0 Å². The lowest BCUT2D eigenvalue weighted by atomic mass is 10.0. The summed E-state index contributed by atoms with van der Waals surface area (Å²) >= 11 is 0. The average molecular weight is 276 g/mol. The normalized spacial score (nSPS) is 26.1. The number of carbonyl (C=O) groups is 1. The molecule has 2 atom stereocenters. The van der Waals surface area contributed by atoms with Crippen molar-refractivity contribution in [2.24, 2.45) is 0 Å². The molecule has 0 aromatic heterocycles. The minimum absolute atomic E-state index is 0.0993. The molecule has 110 valence electrons. The molecule has 1 saturated heterocycles. The third-order valence-corrected chi connectivity index (χ3v) is 3.57. The number of hydrogen-bond donors (Lipinski definition) is 2. The largest absolute Gasteiger partial charge is 0.375 e. The van der Waals surface area contributed by atoms with E-state index >= 15 is 0 Å². The Kier molecular flexibility index (Phi) is 5.01. The van der Waals surface area contributed by atoms with Crippen LogP contribution in [0.5, 0.6) is 0 Å². The number of urea groups is 1. The van der Waals surface area contributed by atoms with E-state index in [1.165, 1.54) is 5.56 Å². The Morgan fingerprint density at radius 2 is 2.00 bits per heavy atom. The molecule has 1 aliphatic heterocycles. The summed E-state index contributed by atoms with van der Waals surface area (Å²) in [6.07, 6.45) is 2.17. The van der Waals surface area contributed by atoms with E-state index < -0.39 is 0 Å². The second-order valence-electron chi connectivity index (χ2n) is 5.74. The molecular formula is C16H24N2O2. The van der Waals surface area contributed by atoms with Crippen LogP contribution >= 0.6 is 0 Å². The molecule has 0 bridgehead atoms. The second kappa shape index (κ2) is 6.75. The molecule has 2 N–H and O–H groups in total. The summed E-state index contributed by atoms with van der Waals surface area (Å²) in [7, 11) is 0. The van der Waals surface area contributed by atoms with Crippen molar-refractivity contribution in [2.75, 3.05) is 0 Å². The van der Waals surface area contributed by atoms with Gasteiger partial charge in [0, 0.05) is 12.6 Å². The van der Waals surface area contributed by atoms with Crippen molar-refractivity contribution in [2.45, 2.75) is 58.4 Å². The Morgan fingerprint density at radius 3 is 2.65 bits per heavy atom. The lowest BCUT2D eigenvalue weighted by Crippen LogP contribution is -2.47. The molecule has 1 aromatic rings. The van der Waals surface area contributed by atoms with Crippen molar-refractivity contribution in [3.63, 3.8) is 0 Å². The van der Waals surface area contributed by atoms with E-state index in [2.05, 4.69) is 30.5 Å². The molecule has 2 rings (SSSR count). The summed E-state index contributed by atoms with van der Waals surface area (Å²) in [5.74, 6) is 0. The van der Waals surface area contributed by atoms with Crippen LogP contribution < -0.4 is 10.6 Å². The number of carbonyl (C=O) groups excluding carboxylic acids is 1. The predicted octanol–water partition coefficient (Wildman–Crippen LogP) is 2.75. The molecule has 20 heavy (non-hydrogen) atoms. The first-order valence-corrected chi connectivity index (χ1v) is 7.28. The van der Waals surface area contributed by atoms with Crippen LogP contribution in [0.4, 0.5) is 4.79 Å². The number of amides is 2. The number of benzene rings is 1. The molecule has 0 unspecified atom stereocenters. The lowest BCUT2D eigenvalue weighted by molar-refractivity contribution is -0.0402. The Balaban J connectivity index is 1.78. The third-order valence-electron chi connectivity index (χ3n) is 3.57. The van der Waals surface area contributed by atoms with Crippen LogP contribution in [0.2, 0.25) is 0 Å². The average Bonchev–Trinajstić information content (AvgIpc) is 2.35. The zero-order valence-electron chi connectivity index (χ0n) is 12.5. The summed E-state index contributed by atoms with van der Waals surface area (Å²) in [5, 5.41) is 5.95. The Bertz CT molecular complexity index is 452. The quantitative estimate of drug-likeness (QED) is 0.892. The minimum Gasteiger partial charge on any atom is -0.375 e. The van der Waals surface area contributed by atoms with Crippen molar-refractivity contribution in [3.8, 4) is 0 Å². The molecule has 0 spiro atoms. The van der Waals surface area contributed by atoms with Crippen molar-refractivity contribution in [1.82, 2.24) is 10.6 Å². The van der Waals surface area contributed by atoms with Gasteiger partial charge in [0.2, 0.25) is 0 Å². The van der Waals surface area contributed by atoms with Gasteiger partial charge in [0.05, 0.1) is 12.2 Å². The van der Waals surface area contributed by atoms with E-state index in [9.17, 15) is 4.79 Å². The van der Waals surface area contributed by atoms with Gasteiger partial charge in [0.1, 0.15) is 0 Å². The van der Waals surface area contributed by atoms with Crippen LogP contribution in [0, 0.1) is 6.92 Å². The van der Waals surface area contributed by atoms with Gasteiger partial charge in [-0.25, -0.2) is 4.79 Å². The highest BCUT2D eigenvalue weighted by Gasteiger charge is 2.25. The molecule has 1 aromatic carbocycles. The zero-order chi connectivity index (χ0) is 14.5. The van der Waals surface area contributed by atoms with Crippen molar-refractivity contribution in [3.05, 3.63) is 35.4 Å². The molecule has 0 radical (unpaired) electrons. The van der Waals surface area contributed by atoms with Crippen LogP contribution in [0.3, 0.4) is 0 Å². The Morgan fingerprint density at radius 1 is 1.30 bits per heavy atom. The fourth-order valence-electron chi connectivity index (χ4n) is 2.76. The number of ether oxygens (including phenoxy) is 1. The monoisotopic (exact) mass is 276 g/mol. The first kappa shape index (κ1) is 14.9. The summed E-state index contributed by atoms with van der Waals surface area (Å²) in [6, 6.07) is 8.26. The molecule has 2 amide bonds. The number of rotatable bonds is 3. The maximum Gasteiger partial charge on any atom is 0.315 e. The van der Waals surface area contributed by atoms with Crippen molar-refractivity contribution >= 4 is 6.03 Å². The van der Waals surface area contributed by atoms with Gasteiger partial charge in [-0.05, 0) is 39.2 Å². The van der Waals surface area contributed by atoms with Crippen molar-refractivity contribution in [1.29, 1.82) is 0 Å². The number of nitrogens with one attached hydrogen (secondary N) is 2. The van der Waals surface area contributed by atoms with Gasteiger partial charge >= 0.3 is 6.03 Å². The van der Waals surface area contributed by atoms with Crippen LogP contribution in [-0.4, -0.2) is 24.3 Å². The fourth-order valence-corrected chi connectivity index (χ4v) is 2.76. The van der Waals surface area contributed by atoms with E-state index in [4.69, 9.17) is 4.74 Å². The van der Waals surface area contributed by atoms with Gasteiger partial charge in [0.25, 0.3) is 0 Å². The van der Waals surface area contributed by atoms with Gasteiger partial charge in [-0.1, -0.05) is 29.8 Å². The summed E-state index contributed by atoms with van der Waals surface area (Å²) in [5.41, 5.74) is 2.32.